The van der Waals surface area contributed by atoms with Gasteiger partial charge in [0.15, 0.2) is 0 Å². The van der Waals surface area contributed by atoms with Crippen molar-refractivity contribution in [1.29, 1.82) is 0 Å². The normalized spacial score (nSPS) is 16.9. The molecule has 1 fully saturated rings. The van der Waals surface area contributed by atoms with Crippen LogP contribution in [0.1, 0.15) is 36.0 Å². The van der Waals surface area contributed by atoms with Crippen LogP contribution < -0.4 is 5.48 Å². The van der Waals surface area contributed by atoms with E-state index in [1.54, 1.807) is 11.3 Å². The van der Waals surface area contributed by atoms with Crippen molar-refractivity contribution < 1.29 is 9.63 Å². The molecule has 1 N–H and O–H groups in total. The Morgan fingerprint density at radius 1 is 1.53 bits per heavy atom. The number of hydrogen-bond donors (Lipinski definition) is 1. The van der Waals surface area contributed by atoms with E-state index >= 15 is 0 Å². The molecule has 0 atom stereocenters. The van der Waals surface area contributed by atoms with E-state index in [1.165, 1.54) is 12.8 Å². The molecular formula is C10H12INO2S. The summed E-state index contributed by atoms with van der Waals surface area (Å²) in [6.07, 6.45) is 4.74. The monoisotopic (exact) mass is 337 g/mol. The van der Waals surface area contributed by atoms with Crippen LogP contribution in [-0.4, -0.2) is 12.0 Å². The molecule has 82 valence electrons. The van der Waals surface area contributed by atoms with Gasteiger partial charge in [0.2, 0.25) is 0 Å². The quantitative estimate of drug-likeness (QED) is 0.680. The highest BCUT2D eigenvalue weighted by Gasteiger charge is 2.17. The number of nitrogens with one attached hydrogen (secondary N) is 1. The number of hydrogen-bond acceptors (Lipinski definition) is 3. The van der Waals surface area contributed by atoms with Crippen LogP contribution in [0.3, 0.4) is 0 Å². The Kier molecular flexibility index (Phi) is 3.99. The lowest BCUT2D eigenvalue weighted by molar-refractivity contribution is -0.0124. The Morgan fingerprint density at radius 3 is 2.87 bits per heavy atom. The summed E-state index contributed by atoms with van der Waals surface area (Å²) in [5.74, 6) is -0.138. The predicted octanol–water partition coefficient (Wildman–Crippen LogP) is 2.96. The van der Waals surface area contributed by atoms with Crippen LogP contribution in [0.15, 0.2) is 11.4 Å². The molecule has 5 heteroatoms. The molecule has 1 amide bonds. The standard InChI is InChI=1S/C10H12INO2S/c11-9-5-7(6-15-9)10(13)12-14-8-3-1-2-4-8/h5-6,8H,1-4H2,(H,12,13). The molecule has 0 spiro atoms. The first-order valence-corrected chi connectivity index (χ1v) is 6.91. The molecule has 0 radical (unpaired) electrons. The third kappa shape index (κ3) is 3.15. The summed E-state index contributed by atoms with van der Waals surface area (Å²) in [7, 11) is 0. The van der Waals surface area contributed by atoms with Crippen molar-refractivity contribution in [2.24, 2.45) is 0 Å². The molecule has 0 aliphatic heterocycles. The van der Waals surface area contributed by atoms with E-state index in [-0.39, 0.29) is 12.0 Å². The van der Waals surface area contributed by atoms with Crippen LogP contribution in [0, 0.1) is 2.88 Å². The Morgan fingerprint density at radius 2 is 2.27 bits per heavy atom. The van der Waals surface area contributed by atoms with Crippen molar-refractivity contribution >= 4 is 39.8 Å². The lowest BCUT2D eigenvalue weighted by Gasteiger charge is -2.10. The Hall–Kier alpha value is -0.140. The summed E-state index contributed by atoms with van der Waals surface area (Å²) in [5.41, 5.74) is 3.20. The molecule has 1 saturated carbocycles. The Labute approximate surface area is 106 Å². The maximum Gasteiger partial charge on any atom is 0.275 e. The minimum absolute atomic E-state index is 0.138. The third-order valence-electron chi connectivity index (χ3n) is 2.45. The second-order valence-corrected chi connectivity index (χ2v) is 6.40. The van der Waals surface area contributed by atoms with Gasteiger partial charge in [0.1, 0.15) is 0 Å². The summed E-state index contributed by atoms with van der Waals surface area (Å²) in [4.78, 5) is 16.9. The van der Waals surface area contributed by atoms with E-state index in [0.29, 0.717) is 5.56 Å². The van der Waals surface area contributed by atoms with E-state index in [9.17, 15) is 4.79 Å². The molecular weight excluding hydrogens is 325 g/mol. The second-order valence-electron chi connectivity index (χ2n) is 3.59. The van der Waals surface area contributed by atoms with Crippen molar-refractivity contribution in [1.82, 2.24) is 5.48 Å². The van der Waals surface area contributed by atoms with E-state index in [2.05, 4.69) is 28.1 Å². The number of halogens is 1. The summed E-state index contributed by atoms with van der Waals surface area (Å²) >= 11 is 3.76. The van der Waals surface area contributed by atoms with Gasteiger partial charge in [-0.15, -0.1) is 11.3 Å². The zero-order valence-electron chi connectivity index (χ0n) is 8.16. The van der Waals surface area contributed by atoms with Gasteiger partial charge in [-0.25, -0.2) is 5.48 Å². The number of carbonyl (C=O) groups is 1. The van der Waals surface area contributed by atoms with E-state index in [4.69, 9.17) is 4.84 Å². The van der Waals surface area contributed by atoms with Gasteiger partial charge < -0.3 is 0 Å². The fourth-order valence-corrected chi connectivity index (χ4v) is 2.96. The average Bonchev–Trinajstić information content (AvgIpc) is 2.84. The van der Waals surface area contributed by atoms with E-state index < -0.39 is 0 Å². The third-order valence-corrected chi connectivity index (χ3v) is 4.24. The summed E-state index contributed by atoms with van der Waals surface area (Å²) < 4.78 is 1.11. The van der Waals surface area contributed by atoms with Crippen molar-refractivity contribution in [3.05, 3.63) is 19.9 Å². The highest BCUT2D eigenvalue weighted by atomic mass is 127. The summed E-state index contributed by atoms with van der Waals surface area (Å²) in [6.45, 7) is 0. The lowest BCUT2D eigenvalue weighted by Crippen LogP contribution is -2.27. The summed E-state index contributed by atoms with van der Waals surface area (Å²) in [5, 5.41) is 1.84. The first kappa shape index (κ1) is 11.3. The minimum atomic E-state index is -0.138. The molecule has 0 saturated heterocycles. The molecule has 1 aliphatic rings. The number of amides is 1. The minimum Gasteiger partial charge on any atom is -0.270 e. The van der Waals surface area contributed by atoms with Gasteiger partial charge in [0, 0.05) is 5.38 Å². The molecule has 0 unspecified atom stereocenters. The number of rotatable bonds is 3. The van der Waals surface area contributed by atoms with E-state index in [0.717, 1.165) is 15.7 Å². The smallest absolute Gasteiger partial charge is 0.270 e. The zero-order valence-corrected chi connectivity index (χ0v) is 11.1. The molecule has 3 nitrogen and oxygen atoms in total. The van der Waals surface area contributed by atoms with Crippen LogP contribution in [0.5, 0.6) is 0 Å². The molecule has 0 bridgehead atoms. The van der Waals surface area contributed by atoms with Crippen LogP contribution in [0.2, 0.25) is 0 Å². The van der Waals surface area contributed by atoms with Crippen molar-refractivity contribution in [2.75, 3.05) is 0 Å². The number of hydroxylamine groups is 1. The van der Waals surface area contributed by atoms with Crippen LogP contribution in [0.4, 0.5) is 0 Å². The lowest BCUT2D eigenvalue weighted by atomic mass is 10.3. The van der Waals surface area contributed by atoms with Gasteiger partial charge in [-0.3, -0.25) is 9.63 Å². The topological polar surface area (TPSA) is 38.3 Å². The van der Waals surface area contributed by atoms with Crippen molar-refractivity contribution in [3.8, 4) is 0 Å². The first-order chi connectivity index (χ1) is 7.25. The predicted molar refractivity (Wildman–Crippen MR) is 67.8 cm³/mol. The van der Waals surface area contributed by atoms with Crippen LogP contribution in [0.25, 0.3) is 0 Å². The fourth-order valence-electron chi connectivity index (χ4n) is 1.63. The summed E-state index contributed by atoms with van der Waals surface area (Å²) in [6, 6.07) is 1.86. The van der Waals surface area contributed by atoms with Gasteiger partial charge in [-0.1, -0.05) is 12.8 Å². The zero-order chi connectivity index (χ0) is 10.7. The maximum absolute atomic E-state index is 11.6. The second kappa shape index (κ2) is 5.27. The van der Waals surface area contributed by atoms with Crippen molar-refractivity contribution in [3.63, 3.8) is 0 Å². The molecule has 0 aromatic carbocycles. The van der Waals surface area contributed by atoms with Gasteiger partial charge in [-0.2, -0.15) is 0 Å². The van der Waals surface area contributed by atoms with Gasteiger partial charge in [-0.05, 0) is 41.5 Å². The Balaban J connectivity index is 1.81. The number of thiophene rings is 1. The van der Waals surface area contributed by atoms with Crippen molar-refractivity contribution in [2.45, 2.75) is 31.8 Å². The fraction of sp³-hybridized carbons (Fsp3) is 0.500. The molecule has 2 rings (SSSR count). The van der Waals surface area contributed by atoms with Gasteiger partial charge in [0.05, 0.1) is 14.6 Å². The highest BCUT2D eigenvalue weighted by Crippen LogP contribution is 2.20. The molecule has 15 heavy (non-hydrogen) atoms. The Bertz CT molecular complexity index is 347. The average molecular weight is 337 g/mol. The van der Waals surface area contributed by atoms with Crippen LogP contribution in [-0.2, 0) is 4.84 Å². The molecule has 1 aromatic rings. The van der Waals surface area contributed by atoms with Gasteiger partial charge >= 0.3 is 0 Å². The number of carbonyl (C=O) groups excluding carboxylic acids is 1. The largest absolute Gasteiger partial charge is 0.275 e. The SMILES string of the molecule is O=C(NOC1CCCC1)c1csc(I)c1. The van der Waals surface area contributed by atoms with Crippen LogP contribution >= 0.6 is 33.9 Å². The maximum atomic E-state index is 11.6. The molecule has 1 aliphatic carbocycles. The highest BCUT2D eigenvalue weighted by molar-refractivity contribution is 14.1. The van der Waals surface area contributed by atoms with Gasteiger partial charge in [0.25, 0.3) is 5.91 Å². The molecule has 1 aromatic heterocycles. The first-order valence-electron chi connectivity index (χ1n) is 4.96. The van der Waals surface area contributed by atoms with E-state index in [1.807, 2.05) is 11.4 Å². The molecule has 1 heterocycles.